The number of halogens is 1. The summed E-state index contributed by atoms with van der Waals surface area (Å²) in [6, 6.07) is 3.91. The molecule has 0 amide bonds. The van der Waals surface area contributed by atoms with Gasteiger partial charge in [0.2, 0.25) is 0 Å². The molecule has 0 aromatic heterocycles. The summed E-state index contributed by atoms with van der Waals surface area (Å²) in [4.78, 5) is 21.0. The number of carbonyl (C=O) groups is 2. The lowest BCUT2D eigenvalue weighted by atomic mass is 10.1. The van der Waals surface area contributed by atoms with Gasteiger partial charge in [0.25, 0.3) is 0 Å². The number of alkyl halides is 1. The molecule has 1 aromatic rings. The van der Waals surface area contributed by atoms with E-state index in [9.17, 15) is 9.59 Å². The van der Waals surface area contributed by atoms with Crippen molar-refractivity contribution in [1.29, 1.82) is 0 Å². The molecule has 0 saturated carbocycles. The molecule has 0 fully saturated rings. The normalized spacial score (nSPS) is 9.42. The first kappa shape index (κ1) is 17.4. The summed E-state index contributed by atoms with van der Waals surface area (Å²) in [7, 11) is 0. The highest BCUT2D eigenvalue weighted by Gasteiger charge is 2.09. The van der Waals surface area contributed by atoms with Crippen LogP contribution in [-0.4, -0.2) is 28.0 Å². The molecule has 0 aliphatic heterocycles. The molecular formula is C14H19ClO4. The van der Waals surface area contributed by atoms with Gasteiger partial charge in [-0.25, -0.2) is 9.59 Å². The van der Waals surface area contributed by atoms with Gasteiger partial charge in [-0.15, -0.1) is 11.6 Å². The number of benzene rings is 1. The number of aromatic carboxylic acids is 2. The number of unbranched alkanes of at least 4 members (excludes halogenated alkanes) is 2. The van der Waals surface area contributed by atoms with Crippen molar-refractivity contribution < 1.29 is 19.8 Å². The first-order chi connectivity index (χ1) is 8.93. The Kier molecular flexibility index (Phi) is 8.62. The number of rotatable bonds is 5. The van der Waals surface area contributed by atoms with Crippen molar-refractivity contribution in [2.24, 2.45) is 0 Å². The summed E-state index contributed by atoms with van der Waals surface area (Å²) in [5.74, 6) is -1.28. The Morgan fingerprint density at radius 1 is 1.16 bits per heavy atom. The topological polar surface area (TPSA) is 74.6 Å². The van der Waals surface area contributed by atoms with Crippen LogP contribution >= 0.6 is 11.6 Å². The van der Waals surface area contributed by atoms with E-state index in [-0.39, 0.29) is 11.1 Å². The van der Waals surface area contributed by atoms with Gasteiger partial charge < -0.3 is 10.2 Å². The molecule has 0 aliphatic carbocycles. The van der Waals surface area contributed by atoms with E-state index in [4.69, 9.17) is 21.8 Å². The van der Waals surface area contributed by atoms with Crippen molar-refractivity contribution >= 4 is 23.5 Å². The molecule has 106 valence electrons. The Hall–Kier alpha value is -1.55. The summed E-state index contributed by atoms with van der Waals surface area (Å²) in [5, 5.41) is 17.2. The van der Waals surface area contributed by atoms with Crippen LogP contribution in [0.25, 0.3) is 0 Å². The van der Waals surface area contributed by atoms with Gasteiger partial charge in [0.05, 0.1) is 11.1 Å². The predicted molar refractivity (Wildman–Crippen MR) is 75.3 cm³/mol. The molecule has 1 aromatic carbocycles. The highest BCUT2D eigenvalue weighted by atomic mass is 35.5. The Morgan fingerprint density at radius 2 is 1.79 bits per heavy atom. The maximum absolute atomic E-state index is 10.6. The van der Waals surface area contributed by atoms with Crippen LogP contribution in [0.4, 0.5) is 0 Å². The molecule has 2 N–H and O–H groups in total. The van der Waals surface area contributed by atoms with E-state index in [1.54, 1.807) is 6.92 Å². The number of aryl methyl sites for hydroxylation is 1. The average Bonchev–Trinajstić information content (AvgIpc) is 2.36. The fourth-order valence-corrected chi connectivity index (χ4v) is 1.57. The number of carboxylic acids is 2. The number of carboxylic acid groups (broad SMARTS) is 2. The first-order valence-corrected chi connectivity index (χ1v) is 6.60. The van der Waals surface area contributed by atoms with Gasteiger partial charge in [0, 0.05) is 5.88 Å². The molecule has 0 aliphatic rings. The van der Waals surface area contributed by atoms with Crippen LogP contribution in [0.15, 0.2) is 18.2 Å². The first-order valence-electron chi connectivity index (χ1n) is 6.07. The smallest absolute Gasteiger partial charge is 0.335 e. The van der Waals surface area contributed by atoms with Crippen molar-refractivity contribution in [2.45, 2.75) is 33.1 Å². The third-order valence-corrected chi connectivity index (χ3v) is 2.71. The zero-order valence-electron chi connectivity index (χ0n) is 11.1. The molecule has 0 heterocycles. The quantitative estimate of drug-likeness (QED) is 0.637. The van der Waals surface area contributed by atoms with E-state index in [1.807, 2.05) is 0 Å². The summed E-state index contributed by atoms with van der Waals surface area (Å²) >= 11 is 5.38. The second kappa shape index (κ2) is 9.39. The van der Waals surface area contributed by atoms with E-state index in [0.717, 1.165) is 5.88 Å². The van der Waals surface area contributed by atoms with Crippen LogP contribution < -0.4 is 0 Å². The van der Waals surface area contributed by atoms with Gasteiger partial charge in [-0.1, -0.05) is 19.8 Å². The fraction of sp³-hybridized carbons (Fsp3) is 0.429. The maximum Gasteiger partial charge on any atom is 0.335 e. The summed E-state index contributed by atoms with van der Waals surface area (Å²) in [6.45, 7) is 3.74. The van der Waals surface area contributed by atoms with E-state index in [0.29, 0.717) is 5.56 Å². The van der Waals surface area contributed by atoms with Gasteiger partial charge in [0.1, 0.15) is 0 Å². The summed E-state index contributed by atoms with van der Waals surface area (Å²) in [5.41, 5.74) is 0.680. The molecule has 5 heteroatoms. The van der Waals surface area contributed by atoms with Crippen LogP contribution in [0.1, 0.15) is 52.5 Å². The molecule has 19 heavy (non-hydrogen) atoms. The number of hydrogen-bond acceptors (Lipinski definition) is 2. The zero-order valence-corrected chi connectivity index (χ0v) is 11.9. The second-order valence-electron chi connectivity index (χ2n) is 4.04. The fourth-order valence-electron chi connectivity index (χ4n) is 1.38. The van der Waals surface area contributed by atoms with Crippen molar-refractivity contribution in [1.82, 2.24) is 0 Å². The van der Waals surface area contributed by atoms with Crippen LogP contribution in [-0.2, 0) is 0 Å². The van der Waals surface area contributed by atoms with Crippen LogP contribution in [0.5, 0.6) is 0 Å². The van der Waals surface area contributed by atoms with E-state index in [2.05, 4.69) is 6.92 Å². The van der Waals surface area contributed by atoms with Crippen LogP contribution in [0.2, 0.25) is 0 Å². The van der Waals surface area contributed by atoms with Crippen molar-refractivity contribution in [3.8, 4) is 0 Å². The predicted octanol–water partition coefficient (Wildman–Crippen LogP) is 3.81. The van der Waals surface area contributed by atoms with Crippen LogP contribution in [0.3, 0.4) is 0 Å². The zero-order chi connectivity index (χ0) is 14.8. The van der Waals surface area contributed by atoms with Crippen molar-refractivity contribution in [3.63, 3.8) is 0 Å². The third-order valence-electron chi connectivity index (χ3n) is 2.44. The molecule has 0 saturated heterocycles. The lowest BCUT2D eigenvalue weighted by Crippen LogP contribution is -2.03. The molecule has 0 bridgehead atoms. The van der Waals surface area contributed by atoms with Crippen molar-refractivity contribution in [2.75, 3.05) is 5.88 Å². The lowest BCUT2D eigenvalue weighted by Gasteiger charge is -2.01. The van der Waals surface area contributed by atoms with Crippen LogP contribution in [0, 0.1) is 6.92 Å². The van der Waals surface area contributed by atoms with Gasteiger partial charge in [-0.05, 0) is 37.1 Å². The molecular weight excluding hydrogens is 268 g/mol. The monoisotopic (exact) mass is 286 g/mol. The SMILES string of the molecule is CCCCCCl.Cc1cc(C(=O)O)ccc1C(=O)O. The lowest BCUT2D eigenvalue weighted by molar-refractivity contribution is 0.0680. The summed E-state index contributed by atoms with van der Waals surface area (Å²) < 4.78 is 0. The minimum absolute atomic E-state index is 0.0995. The molecule has 0 unspecified atom stereocenters. The Labute approximate surface area is 118 Å². The average molecular weight is 287 g/mol. The molecule has 0 radical (unpaired) electrons. The second-order valence-corrected chi connectivity index (χ2v) is 4.41. The molecule has 4 nitrogen and oxygen atoms in total. The Bertz CT molecular complexity index is 425. The molecule has 0 atom stereocenters. The van der Waals surface area contributed by atoms with Crippen molar-refractivity contribution in [3.05, 3.63) is 34.9 Å². The molecule has 0 spiro atoms. The van der Waals surface area contributed by atoms with Gasteiger partial charge in [-0.2, -0.15) is 0 Å². The third kappa shape index (κ3) is 6.82. The largest absolute Gasteiger partial charge is 0.478 e. The van der Waals surface area contributed by atoms with Gasteiger partial charge in [0.15, 0.2) is 0 Å². The van der Waals surface area contributed by atoms with Gasteiger partial charge in [-0.3, -0.25) is 0 Å². The maximum atomic E-state index is 10.6. The van der Waals surface area contributed by atoms with E-state index in [1.165, 1.54) is 37.5 Å². The summed E-state index contributed by atoms with van der Waals surface area (Å²) in [6.07, 6.45) is 3.73. The highest BCUT2D eigenvalue weighted by Crippen LogP contribution is 2.10. The highest BCUT2D eigenvalue weighted by molar-refractivity contribution is 6.17. The Morgan fingerprint density at radius 3 is 2.11 bits per heavy atom. The van der Waals surface area contributed by atoms with Gasteiger partial charge >= 0.3 is 11.9 Å². The minimum atomic E-state index is -1.06. The Balaban J connectivity index is 0.000000459. The minimum Gasteiger partial charge on any atom is -0.478 e. The van der Waals surface area contributed by atoms with E-state index < -0.39 is 11.9 Å². The van der Waals surface area contributed by atoms with E-state index >= 15 is 0 Å². The molecule has 1 rings (SSSR count). The number of hydrogen-bond donors (Lipinski definition) is 2. The standard InChI is InChI=1S/C9H8O4.C5H11Cl/c1-5-4-6(8(10)11)2-3-7(5)9(12)13;1-2-3-4-5-6/h2-4H,1H3,(H,10,11)(H,12,13);2-5H2,1H3.